The topological polar surface area (TPSA) is 118 Å². The predicted octanol–water partition coefficient (Wildman–Crippen LogP) is 3.75. The van der Waals surface area contributed by atoms with Crippen LogP contribution in [0.2, 0.25) is 0 Å². The van der Waals surface area contributed by atoms with E-state index in [-0.39, 0.29) is 29.4 Å². The van der Waals surface area contributed by atoms with E-state index in [1.54, 1.807) is 12.1 Å². The molecule has 1 aromatic heterocycles. The average molecular weight is 422 g/mol. The van der Waals surface area contributed by atoms with Crippen LogP contribution in [-0.4, -0.2) is 20.8 Å². The van der Waals surface area contributed by atoms with E-state index in [1.807, 2.05) is 25.1 Å². The summed E-state index contributed by atoms with van der Waals surface area (Å²) in [5.41, 5.74) is 2.65. The normalized spacial score (nSPS) is 15.4. The zero-order valence-electron chi connectivity index (χ0n) is 16.0. The standard InChI is InChI=1S/C21H18N4O4S/c1-12-4-2-5-13(8-12)11-30-21-23-19-18(20(27)24-21)16(10-17(26)22-19)14-6-3-7-15(9-14)25(28)29/h2-9,16H,10-11H2,1H3,(H2,22,23,24,26,27). The van der Waals surface area contributed by atoms with E-state index in [2.05, 4.69) is 21.4 Å². The Morgan fingerprint density at radius 2 is 2.00 bits per heavy atom. The molecular weight excluding hydrogens is 404 g/mol. The van der Waals surface area contributed by atoms with Crippen molar-refractivity contribution < 1.29 is 9.72 Å². The van der Waals surface area contributed by atoms with Crippen molar-refractivity contribution in [1.29, 1.82) is 0 Å². The van der Waals surface area contributed by atoms with Crippen LogP contribution in [0.5, 0.6) is 0 Å². The lowest BCUT2D eigenvalue weighted by atomic mass is 9.86. The van der Waals surface area contributed by atoms with Crippen LogP contribution in [0.1, 0.15) is 34.6 Å². The molecule has 1 aliphatic rings. The second-order valence-corrected chi connectivity index (χ2v) is 8.03. The molecular formula is C21H18N4O4S. The highest BCUT2D eigenvalue weighted by atomic mass is 32.2. The molecule has 9 heteroatoms. The van der Waals surface area contributed by atoms with Gasteiger partial charge in [0.05, 0.1) is 10.5 Å². The van der Waals surface area contributed by atoms with Gasteiger partial charge >= 0.3 is 0 Å². The van der Waals surface area contributed by atoms with E-state index in [1.165, 1.54) is 23.9 Å². The maximum Gasteiger partial charge on any atom is 0.269 e. The van der Waals surface area contributed by atoms with Gasteiger partial charge in [0.15, 0.2) is 5.16 Å². The number of aromatic amines is 1. The van der Waals surface area contributed by atoms with Crippen LogP contribution in [0.15, 0.2) is 58.5 Å². The second kappa shape index (κ2) is 8.11. The number of rotatable bonds is 5. The van der Waals surface area contributed by atoms with Crippen molar-refractivity contribution in [2.75, 3.05) is 5.32 Å². The molecule has 8 nitrogen and oxygen atoms in total. The van der Waals surface area contributed by atoms with Gasteiger partial charge in [-0.3, -0.25) is 19.7 Å². The van der Waals surface area contributed by atoms with E-state index in [9.17, 15) is 19.7 Å². The van der Waals surface area contributed by atoms with Gasteiger partial charge in [-0.15, -0.1) is 0 Å². The zero-order valence-corrected chi connectivity index (χ0v) is 16.9. The van der Waals surface area contributed by atoms with Crippen molar-refractivity contribution in [1.82, 2.24) is 9.97 Å². The minimum Gasteiger partial charge on any atom is -0.310 e. The first-order chi connectivity index (χ1) is 14.4. The van der Waals surface area contributed by atoms with E-state index in [4.69, 9.17) is 0 Å². The number of hydrogen-bond donors (Lipinski definition) is 2. The molecule has 2 aromatic carbocycles. The third kappa shape index (κ3) is 4.11. The smallest absolute Gasteiger partial charge is 0.269 e. The molecule has 2 heterocycles. The molecule has 0 saturated heterocycles. The Bertz CT molecular complexity index is 1210. The van der Waals surface area contributed by atoms with E-state index in [0.29, 0.717) is 22.0 Å². The van der Waals surface area contributed by atoms with Gasteiger partial charge in [0.1, 0.15) is 5.82 Å². The fourth-order valence-corrected chi connectivity index (χ4v) is 4.32. The number of nitro benzene ring substituents is 1. The summed E-state index contributed by atoms with van der Waals surface area (Å²) in [6.45, 7) is 2.01. The summed E-state index contributed by atoms with van der Waals surface area (Å²) in [5, 5.41) is 14.2. The van der Waals surface area contributed by atoms with Crippen molar-refractivity contribution in [3.8, 4) is 0 Å². The lowest BCUT2D eigenvalue weighted by molar-refractivity contribution is -0.384. The summed E-state index contributed by atoms with van der Waals surface area (Å²) in [4.78, 5) is 43.0. The first-order valence-electron chi connectivity index (χ1n) is 9.27. The van der Waals surface area contributed by atoms with Gasteiger partial charge in [0.2, 0.25) is 5.91 Å². The molecule has 1 aliphatic heterocycles. The number of benzene rings is 2. The van der Waals surface area contributed by atoms with Crippen LogP contribution in [-0.2, 0) is 10.5 Å². The maximum absolute atomic E-state index is 12.9. The number of carbonyl (C=O) groups excluding carboxylic acids is 1. The highest BCUT2D eigenvalue weighted by molar-refractivity contribution is 7.98. The number of amides is 1. The van der Waals surface area contributed by atoms with Crippen LogP contribution >= 0.6 is 11.8 Å². The van der Waals surface area contributed by atoms with Crippen LogP contribution in [0.4, 0.5) is 11.5 Å². The number of aromatic nitrogens is 2. The van der Waals surface area contributed by atoms with Gasteiger partial charge in [-0.1, -0.05) is 53.7 Å². The Morgan fingerprint density at radius 3 is 2.77 bits per heavy atom. The largest absolute Gasteiger partial charge is 0.310 e. The van der Waals surface area contributed by atoms with Crippen molar-refractivity contribution in [3.05, 3.63) is 91.3 Å². The Morgan fingerprint density at radius 1 is 1.20 bits per heavy atom. The second-order valence-electron chi connectivity index (χ2n) is 7.07. The number of nitro groups is 1. The third-order valence-corrected chi connectivity index (χ3v) is 5.82. The summed E-state index contributed by atoms with van der Waals surface area (Å²) < 4.78 is 0. The fraction of sp³-hybridized carbons (Fsp3) is 0.190. The van der Waals surface area contributed by atoms with Gasteiger partial charge in [0, 0.05) is 30.2 Å². The van der Waals surface area contributed by atoms with Gasteiger partial charge in [-0.05, 0) is 18.1 Å². The number of nitrogens with zero attached hydrogens (tertiary/aromatic N) is 2. The number of aryl methyl sites for hydroxylation is 1. The molecule has 2 N–H and O–H groups in total. The summed E-state index contributed by atoms with van der Waals surface area (Å²) >= 11 is 1.37. The average Bonchev–Trinajstić information content (AvgIpc) is 2.71. The Balaban J connectivity index is 1.67. The lowest BCUT2D eigenvalue weighted by Crippen LogP contribution is -2.31. The van der Waals surface area contributed by atoms with Crippen LogP contribution in [0.25, 0.3) is 0 Å². The number of nitrogens with one attached hydrogen (secondary N) is 2. The molecule has 0 saturated carbocycles. The van der Waals surface area contributed by atoms with Crippen LogP contribution < -0.4 is 10.9 Å². The number of fused-ring (bicyclic) bond motifs is 1. The first-order valence-corrected chi connectivity index (χ1v) is 10.3. The highest BCUT2D eigenvalue weighted by Gasteiger charge is 2.31. The maximum atomic E-state index is 12.9. The minimum atomic E-state index is -0.597. The number of H-pyrrole nitrogens is 1. The molecule has 152 valence electrons. The zero-order chi connectivity index (χ0) is 21.3. The lowest BCUT2D eigenvalue weighted by Gasteiger charge is -2.24. The number of non-ortho nitro benzene ring substituents is 1. The Hall–Kier alpha value is -3.46. The number of thioether (sulfide) groups is 1. The number of carbonyl (C=O) groups is 1. The molecule has 0 aliphatic carbocycles. The van der Waals surface area contributed by atoms with E-state index in [0.717, 1.165) is 11.1 Å². The van der Waals surface area contributed by atoms with Crippen molar-refractivity contribution in [3.63, 3.8) is 0 Å². The van der Waals surface area contributed by atoms with Gasteiger partial charge in [-0.25, -0.2) is 4.98 Å². The molecule has 4 rings (SSSR count). The third-order valence-electron chi connectivity index (χ3n) is 4.87. The van der Waals surface area contributed by atoms with Crippen molar-refractivity contribution in [2.24, 2.45) is 0 Å². The Kier molecular flexibility index (Phi) is 5.37. The van der Waals surface area contributed by atoms with E-state index < -0.39 is 10.8 Å². The van der Waals surface area contributed by atoms with Crippen LogP contribution in [0.3, 0.4) is 0 Å². The quantitative estimate of drug-likeness (QED) is 0.280. The molecule has 1 amide bonds. The van der Waals surface area contributed by atoms with Gasteiger partial charge in [0.25, 0.3) is 11.2 Å². The first kappa shape index (κ1) is 19.8. The molecule has 0 fully saturated rings. The summed E-state index contributed by atoms with van der Waals surface area (Å²) in [5.74, 6) is -0.0585. The molecule has 0 spiro atoms. The SMILES string of the molecule is Cc1cccc(CSc2nc3c(c(=O)[nH]2)C(c2cccc([N+](=O)[O-])c2)CC(=O)N3)c1. The molecule has 0 bridgehead atoms. The van der Waals surface area contributed by atoms with Crippen molar-refractivity contribution >= 4 is 29.2 Å². The summed E-state index contributed by atoms with van der Waals surface area (Å²) in [7, 11) is 0. The van der Waals surface area contributed by atoms with E-state index >= 15 is 0 Å². The molecule has 0 radical (unpaired) electrons. The number of anilines is 1. The molecule has 1 atom stereocenters. The summed E-state index contributed by atoms with van der Waals surface area (Å²) in [6.07, 6.45) is 0.0225. The van der Waals surface area contributed by atoms with Crippen LogP contribution in [0, 0.1) is 17.0 Å². The molecule has 30 heavy (non-hydrogen) atoms. The van der Waals surface area contributed by atoms with Gasteiger partial charge in [-0.2, -0.15) is 0 Å². The predicted molar refractivity (Wildman–Crippen MR) is 114 cm³/mol. The van der Waals surface area contributed by atoms with Crippen molar-refractivity contribution in [2.45, 2.75) is 30.2 Å². The molecule has 1 unspecified atom stereocenters. The Labute approximate surface area is 175 Å². The number of hydrogen-bond acceptors (Lipinski definition) is 6. The minimum absolute atomic E-state index is 0.0225. The monoisotopic (exact) mass is 422 g/mol. The highest BCUT2D eigenvalue weighted by Crippen LogP contribution is 2.35. The summed E-state index contributed by atoms with van der Waals surface area (Å²) in [6, 6.07) is 14.0. The van der Waals surface area contributed by atoms with Gasteiger partial charge < -0.3 is 10.3 Å². The fourth-order valence-electron chi connectivity index (χ4n) is 3.51. The molecule has 3 aromatic rings.